The van der Waals surface area contributed by atoms with Gasteiger partial charge in [-0.3, -0.25) is 9.59 Å². The standard InChI is InChI=1S/C33H32N4O5S3/c1-20(38)37-17-16-24-27(19-37)45-31(28(24)32(40)42-3)36-30(39)29(21-10-5-4-6-11-21)44-23-13-9-12-22(18-23)34-33(43)35-25-14-7-8-15-26(25)41-2/h4-15,18,29H,16-17,19H2,1-3H3,(H,36,39)(H2,34,35,43). The number of thioether (sulfide) groups is 1. The molecule has 2 heterocycles. The van der Waals surface area contributed by atoms with Gasteiger partial charge in [0, 0.05) is 28.9 Å². The van der Waals surface area contributed by atoms with E-state index in [0.717, 1.165) is 32.3 Å². The Kier molecular flexibility index (Phi) is 10.4. The van der Waals surface area contributed by atoms with Gasteiger partial charge in [0.1, 0.15) is 16.0 Å². The molecular weight excluding hydrogens is 629 g/mol. The lowest BCUT2D eigenvalue weighted by Gasteiger charge is -2.25. The molecule has 0 aliphatic carbocycles. The van der Waals surface area contributed by atoms with Gasteiger partial charge >= 0.3 is 5.97 Å². The molecule has 12 heteroatoms. The second kappa shape index (κ2) is 14.6. The third-order valence-electron chi connectivity index (χ3n) is 7.17. The molecule has 1 aromatic heterocycles. The van der Waals surface area contributed by atoms with Gasteiger partial charge < -0.3 is 30.3 Å². The first kappa shape index (κ1) is 32.0. The number of nitrogens with zero attached hydrogens (tertiary/aromatic N) is 1. The largest absolute Gasteiger partial charge is 0.495 e. The maximum atomic E-state index is 14.0. The fraction of sp³-hybridized carbons (Fsp3) is 0.212. The summed E-state index contributed by atoms with van der Waals surface area (Å²) in [4.78, 5) is 42.3. The average molecular weight is 661 g/mol. The molecule has 3 aromatic carbocycles. The molecule has 5 rings (SSSR count). The number of ether oxygens (including phenoxy) is 2. The van der Waals surface area contributed by atoms with Crippen LogP contribution in [-0.4, -0.2) is 48.6 Å². The zero-order valence-electron chi connectivity index (χ0n) is 24.9. The quantitative estimate of drug-likeness (QED) is 0.102. The minimum absolute atomic E-state index is 0.0344. The van der Waals surface area contributed by atoms with Crippen LogP contribution in [-0.2, 0) is 27.3 Å². The van der Waals surface area contributed by atoms with Gasteiger partial charge in [0.05, 0.1) is 32.0 Å². The van der Waals surface area contributed by atoms with E-state index in [-0.39, 0.29) is 11.8 Å². The van der Waals surface area contributed by atoms with Crippen molar-refractivity contribution >= 4 is 74.6 Å². The average Bonchev–Trinajstić information content (AvgIpc) is 3.40. The summed E-state index contributed by atoms with van der Waals surface area (Å²) in [6, 6.07) is 24.6. The molecule has 0 bridgehead atoms. The molecule has 2 amide bonds. The number of anilines is 3. The Bertz CT molecular complexity index is 1730. The summed E-state index contributed by atoms with van der Waals surface area (Å²) in [5.41, 5.74) is 3.46. The van der Waals surface area contributed by atoms with Crippen molar-refractivity contribution in [3.63, 3.8) is 0 Å². The van der Waals surface area contributed by atoms with Crippen LogP contribution in [0.25, 0.3) is 0 Å². The second-order valence-corrected chi connectivity index (χ2v) is 12.8. The molecule has 0 saturated carbocycles. The van der Waals surface area contributed by atoms with Gasteiger partial charge in [-0.05, 0) is 60.1 Å². The summed E-state index contributed by atoms with van der Waals surface area (Å²) in [5.74, 6) is -0.168. The van der Waals surface area contributed by atoms with E-state index in [1.54, 1.807) is 12.0 Å². The maximum Gasteiger partial charge on any atom is 0.341 e. The van der Waals surface area contributed by atoms with E-state index in [1.165, 1.54) is 37.1 Å². The van der Waals surface area contributed by atoms with E-state index in [9.17, 15) is 14.4 Å². The third kappa shape index (κ3) is 7.64. The van der Waals surface area contributed by atoms with Gasteiger partial charge in [0.15, 0.2) is 5.11 Å². The summed E-state index contributed by atoms with van der Waals surface area (Å²) in [5, 5.41) is 9.56. The Hall–Kier alpha value is -4.39. The van der Waals surface area contributed by atoms with E-state index < -0.39 is 11.2 Å². The maximum absolute atomic E-state index is 14.0. The number of para-hydroxylation sites is 2. The summed E-state index contributed by atoms with van der Waals surface area (Å²) in [6.45, 7) is 2.42. The van der Waals surface area contributed by atoms with E-state index in [4.69, 9.17) is 21.7 Å². The first-order valence-corrected chi connectivity index (χ1v) is 16.2. The number of methoxy groups -OCH3 is 2. The lowest BCUT2D eigenvalue weighted by Crippen LogP contribution is -2.33. The number of fused-ring (bicyclic) bond motifs is 1. The van der Waals surface area contributed by atoms with E-state index >= 15 is 0 Å². The fourth-order valence-electron chi connectivity index (χ4n) is 4.97. The molecule has 4 aromatic rings. The van der Waals surface area contributed by atoms with Crippen molar-refractivity contribution in [1.82, 2.24) is 4.90 Å². The molecule has 9 nitrogen and oxygen atoms in total. The zero-order chi connectivity index (χ0) is 31.9. The van der Waals surface area contributed by atoms with Crippen molar-refractivity contribution in [2.45, 2.75) is 30.0 Å². The zero-order valence-corrected chi connectivity index (χ0v) is 27.4. The molecule has 3 N–H and O–H groups in total. The normalized spacial score (nSPS) is 12.8. The van der Waals surface area contributed by atoms with Crippen molar-refractivity contribution in [2.75, 3.05) is 36.7 Å². The fourth-order valence-corrected chi connectivity index (χ4v) is 7.54. The van der Waals surface area contributed by atoms with Crippen LogP contribution in [0.3, 0.4) is 0 Å². The molecule has 1 atom stereocenters. The Labute approximate surface area is 275 Å². The molecule has 1 aliphatic rings. The van der Waals surface area contributed by atoms with Crippen LogP contribution < -0.4 is 20.7 Å². The second-order valence-electron chi connectivity index (χ2n) is 10.1. The summed E-state index contributed by atoms with van der Waals surface area (Å²) in [6.07, 6.45) is 0.510. The van der Waals surface area contributed by atoms with Gasteiger partial charge in [-0.15, -0.1) is 23.1 Å². The van der Waals surface area contributed by atoms with Gasteiger partial charge in [-0.1, -0.05) is 48.5 Å². The predicted molar refractivity (Wildman–Crippen MR) is 183 cm³/mol. The van der Waals surface area contributed by atoms with Crippen LogP contribution in [0.15, 0.2) is 83.8 Å². The van der Waals surface area contributed by atoms with Gasteiger partial charge in [-0.25, -0.2) is 4.79 Å². The van der Waals surface area contributed by atoms with Crippen molar-refractivity contribution < 1.29 is 23.9 Å². The van der Waals surface area contributed by atoms with Crippen molar-refractivity contribution in [1.29, 1.82) is 0 Å². The van der Waals surface area contributed by atoms with Crippen molar-refractivity contribution in [3.05, 3.63) is 100 Å². The Morgan fingerprint density at radius 2 is 1.71 bits per heavy atom. The lowest BCUT2D eigenvalue weighted by molar-refractivity contribution is -0.129. The SMILES string of the molecule is COC(=O)c1c(NC(=O)C(Sc2cccc(NC(=S)Nc3ccccc3OC)c2)c2ccccc2)sc2c1CCN(C(C)=O)C2. The number of carbonyl (C=O) groups is 3. The Morgan fingerprint density at radius 3 is 2.44 bits per heavy atom. The highest BCUT2D eigenvalue weighted by Crippen LogP contribution is 2.41. The highest BCUT2D eigenvalue weighted by atomic mass is 32.2. The molecule has 232 valence electrons. The van der Waals surface area contributed by atoms with E-state index in [2.05, 4.69) is 16.0 Å². The third-order valence-corrected chi connectivity index (χ3v) is 9.75. The first-order chi connectivity index (χ1) is 21.8. The summed E-state index contributed by atoms with van der Waals surface area (Å²) in [7, 11) is 2.92. The topological polar surface area (TPSA) is 109 Å². The molecule has 45 heavy (non-hydrogen) atoms. The van der Waals surface area contributed by atoms with Crippen molar-refractivity contribution in [3.8, 4) is 5.75 Å². The van der Waals surface area contributed by atoms with Crippen LogP contribution in [0, 0.1) is 0 Å². The first-order valence-electron chi connectivity index (χ1n) is 14.1. The van der Waals surface area contributed by atoms with Crippen LogP contribution in [0.5, 0.6) is 5.75 Å². The number of amides is 2. The Balaban J connectivity index is 1.37. The van der Waals surface area contributed by atoms with Crippen molar-refractivity contribution in [2.24, 2.45) is 0 Å². The number of esters is 1. The van der Waals surface area contributed by atoms with E-state index in [0.29, 0.717) is 40.9 Å². The number of hydrogen-bond donors (Lipinski definition) is 3. The van der Waals surface area contributed by atoms with Crippen LogP contribution in [0.1, 0.15) is 38.5 Å². The lowest BCUT2D eigenvalue weighted by atomic mass is 10.0. The minimum atomic E-state index is -0.640. The molecule has 1 unspecified atom stereocenters. The van der Waals surface area contributed by atoms with Gasteiger partial charge in [-0.2, -0.15) is 0 Å². The van der Waals surface area contributed by atoms with E-state index in [1.807, 2.05) is 78.9 Å². The number of benzene rings is 3. The molecular formula is C33H32N4O5S3. The smallest absolute Gasteiger partial charge is 0.341 e. The molecule has 0 spiro atoms. The highest BCUT2D eigenvalue weighted by molar-refractivity contribution is 8.00. The van der Waals surface area contributed by atoms with Crippen LogP contribution in [0.4, 0.5) is 16.4 Å². The number of hydrogen-bond acceptors (Lipinski definition) is 8. The molecule has 1 aliphatic heterocycles. The minimum Gasteiger partial charge on any atom is -0.495 e. The van der Waals surface area contributed by atoms with Crippen LogP contribution in [0.2, 0.25) is 0 Å². The van der Waals surface area contributed by atoms with Gasteiger partial charge in [0.2, 0.25) is 11.8 Å². The molecule has 0 fully saturated rings. The number of thiophene rings is 1. The predicted octanol–water partition coefficient (Wildman–Crippen LogP) is 6.73. The monoisotopic (exact) mass is 660 g/mol. The number of thiocarbonyl (C=S) groups is 1. The van der Waals surface area contributed by atoms with Gasteiger partial charge in [0.25, 0.3) is 0 Å². The summed E-state index contributed by atoms with van der Waals surface area (Å²) < 4.78 is 10.5. The molecule has 0 radical (unpaired) electrons. The van der Waals surface area contributed by atoms with Crippen LogP contribution >= 0.6 is 35.3 Å². The number of nitrogens with one attached hydrogen (secondary N) is 3. The Morgan fingerprint density at radius 1 is 0.956 bits per heavy atom. The number of rotatable bonds is 9. The highest BCUT2D eigenvalue weighted by Gasteiger charge is 2.32. The molecule has 0 saturated heterocycles. The summed E-state index contributed by atoms with van der Waals surface area (Å²) >= 11 is 8.23. The number of carbonyl (C=O) groups excluding carboxylic acids is 3.